The van der Waals surface area contributed by atoms with Crippen LogP contribution >= 0.6 is 50.5 Å². The fourth-order valence-electron chi connectivity index (χ4n) is 1.62. The standard InChI is InChI=1S/C12H8BrCl2F2NS/c1-5(7-4-10(14)19-12(7)15)18-11-8(16)2-6(13)3-9(11)17/h2-5,18H,1H3. The third-order valence-electron chi connectivity index (χ3n) is 2.52. The van der Waals surface area contributed by atoms with Crippen molar-refractivity contribution in [2.24, 2.45) is 0 Å². The largest absolute Gasteiger partial charge is 0.374 e. The van der Waals surface area contributed by atoms with Crippen LogP contribution in [0, 0.1) is 11.6 Å². The highest BCUT2D eigenvalue weighted by Crippen LogP contribution is 2.37. The van der Waals surface area contributed by atoms with Gasteiger partial charge in [0.1, 0.15) is 17.3 Å². The molecule has 0 amide bonds. The van der Waals surface area contributed by atoms with E-state index in [0.717, 1.165) is 0 Å². The predicted molar refractivity (Wildman–Crippen MR) is 80.4 cm³/mol. The second-order valence-electron chi connectivity index (χ2n) is 3.89. The molecule has 1 unspecified atom stereocenters. The minimum absolute atomic E-state index is 0.186. The first-order chi connectivity index (χ1) is 8.88. The zero-order valence-corrected chi connectivity index (χ0v) is 13.5. The molecule has 0 saturated carbocycles. The highest BCUT2D eigenvalue weighted by Gasteiger charge is 2.17. The zero-order chi connectivity index (χ0) is 14.2. The summed E-state index contributed by atoms with van der Waals surface area (Å²) in [7, 11) is 0. The number of anilines is 1. The highest BCUT2D eigenvalue weighted by atomic mass is 79.9. The van der Waals surface area contributed by atoms with E-state index in [1.165, 1.54) is 23.5 Å². The monoisotopic (exact) mass is 385 g/mol. The van der Waals surface area contributed by atoms with Crippen LogP contribution in [-0.2, 0) is 0 Å². The van der Waals surface area contributed by atoms with E-state index in [1.54, 1.807) is 13.0 Å². The van der Waals surface area contributed by atoms with Crippen LogP contribution in [0.15, 0.2) is 22.7 Å². The van der Waals surface area contributed by atoms with E-state index in [1.807, 2.05) is 0 Å². The fraction of sp³-hybridized carbons (Fsp3) is 0.167. The van der Waals surface area contributed by atoms with Gasteiger partial charge in [0.2, 0.25) is 0 Å². The average Bonchev–Trinajstić information content (AvgIpc) is 2.62. The molecule has 102 valence electrons. The van der Waals surface area contributed by atoms with E-state index in [-0.39, 0.29) is 11.7 Å². The van der Waals surface area contributed by atoms with Crippen molar-refractivity contribution in [3.63, 3.8) is 0 Å². The maximum Gasteiger partial charge on any atom is 0.150 e. The predicted octanol–water partition coefficient (Wildman–Crippen LogP) is 6.27. The Balaban J connectivity index is 2.29. The van der Waals surface area contributed by atoms with Gasteiger partial charge in [-0.25, -0.2) is 8.78 Å². The van der Waals surface area contributed by atoms with Gasteiger partial charge in [0.25, 0.3) is 0 Å². The van der Waals surface area contributed by atoms with Gasteiger partial charge in [0.15, 0.2) is 0 Å². The first kappa shape index (κ1) is 15.0. The summed E-state index contributed by atoms with van der Waals surface area (Å²) in [6, 6.07) is 3.71. The minimum atomic E-state index is -0.670. The van der Waals surface area contributed by atoms with Crippen LogP contribution in [-0.4, -0.2) is 0 Å². The number of thiophene rings is 1. The lowest BCUT2D eigenvalue weighted by Crippen LogP contribution is -2.09. The summed E-state index contributed by atoms with van der Waals surface area (Å²) in [5.41, 5.74) is 0.521. The molecule has 19 heavy (non-hydrogen) atoms. The molecular formula is C12H8BrCl2F2NS. The smallest absolute Gasteiger partial charge is 0.150 e. The molecule has 0 fully saturated rings. The maximum atomic E-state index is 13.7. The van der Waals surface area contributed by atoms with E-state index in [2.05, 4.69) is 21.2 Å². The van der Waals surface area contributed by atoms with Gasteiger partial charge in [-0.15, -0.1) is 11.3 Å². The van der Waals surface area contributed by atoms with Crippen molar-refractivity contribution in [3.05, 3.63) is 48.5 Å². The van der Waals surface area contributed by atoms with Crippen molar-refractivity contribution < 1.29 is 8.78 Å². The molecule has 1 atom stereocenters. The molecule has 1 N–H and O–H groups in total. The van der Waals surface area contributed by atoms with Crippen LogP contribution in [0.25, 0.3) is 0 Å². The Morgan fingerprint density at radius 2 is 1.79 bits per heavy atom. The van der Waals surface area contributed by atoms with E-state index in [0.29, 0.717) is 18.7 Å². The molecule has 0 aliphatic rings. The molecule has 0 radical (unpaired) electrons. The Bertz CT molecular complexity index is 595. The van der Waals surface area contributed by atoms with Gasteiger partial charge in [-0.1, -0.05) is 39.1 Å². The van der Waals surface area contributed by atoms with Gasteiger partial charge in [0.05, 0.1) is 14.7 Å². The summed E-state index contributed by atoms with van der Waals surface area (Å²) in [6.07, 6.45) is 0. The molecule has 0 aliphatic carbocycles. The van der Waals surface area contributed by atoms with Gasteiger partial charge in [0, 0.05) is 10.0 Å². The molecule has 1 heterocycles. The summed E-state index contributed by atoms with van der Waals surface area (Å²) in [4.78, 5) is 0. The molecule has 2 aromatic rings. The third-order valence-corrected chi connectivity index (χ3v) is 4.49. The van der Waals surface area contributed by atoms with Gasteiger partial charge >= 0.3 is 0 Å². The number of rotatable bonds is 3. The SMILES string of the molecule is CC(Nc1c(F)cc(Br)cc1F)c1cc(Cl)sc1Cl. The van der Waals surface area contributed by atoms with Crippen LogP contribution in [0.1, 0.15) is 18.5 Å². The molecule has 0 bridgehead atoms. The quantitative estimate of drug-likeness (QED) is 0.655. The number of hydrogen-bond acceptors (Lipinski definition) is 2. The zero-order valence-electron chi connectivity index (χ0n) is 9.61. The number of benzene rings is 1. The van der Waals surface area contributed by atoms with Crippen molar-refractivity contribution in [1.82, 2.24) is 0 Å². The molecule has 0 aliphatic heterocycles. The Morgan fingerprint density at radius 3 is 2.26 bits per heavy atom. The van der Waals surface area contributed by atoms with Crippen molar-refractivity contribution >= 4 is 56.2 Å². The van der Waals surface area contributed by atoms with Crippen molar-refractivity contribution in [2.45, 2.75) is 13.0 Å². The average molecular weight is 387 g/mol. The van der Waals surface area contributed by atoms with Crippen LogP contribution in [0.4, 0.5) is 14.5 Å². The second-order valence-corrected chi connectivity index (χ2v) is 7.09. The summed E-state index contributed by atoms with van der Waals surface area (Å²) in [6.45, 7) is 1.76. The lowest BCUT2D eigenvalue weighted by Gasteiger charge is -2.16. The Kier molecular flexibility index (Phi) is 4.71. The van der Waals surface area contributed by atoms with Crippen LogP contribution in [0.3, 0.4) is 0 Å². The van der Waals surface area contributed by atoms with Gasteiger partial charge in [-0.05, 0) is 25.1 Å². The van der Waals surface area contributed by atoms with Gasteiger partial charge in [-0.2, -0.15) is 0 Å². The summed E-state index contributed by atoms with van der Waals surface area (Å²) in [5, 5.41) is 2.77. The van der Waals surface area contributed by atoms with Gasteiger partial charge < -0.3 is 5.32 Å². The molecule has 0 saturated heterocycles. The van der Waals surface area contributed by atoms with E-state index in [4.69, 9.17) is 23.2 Å². The van der Waals surface area contributed by atoms with E-state index >= 15 is 0 Å². The lowest BCUT2D eigenvalue weighted by atomic mass is 10.1. The summed E-state index contributed by atoms with van der Waals surface area (Å²) in [5.74, 6) is -1.34. The number of halogens is 5. The van der Waals surface area contributed by atoms with Gasteiger partial charge in [-0.3, -0.25) is 0 Å². The summed E-state index contributed by atoms with van der Waals surface area (Å²) < 4.78 is 28.8. The maximum absolute atomic E-state index is 13.7. The molecule has 7 heteroatoms. The van der Waals surface area contributed by atoms with Crippen LogP contribution in [0.2, 0.25) is 8.67 Å². The third kappa shape index (κ3) is 3.40. The minimum Gasteiger partial charge on any atom is -0.374 e. The molecular weight excluding hydrogens is 379 g/mol. The topological polar surface area (TPSA) is 12.0 Å². The molecule has 1 nitrogen and oxygen atoms in total. The molecule has 2 rings (SSSR count). The number of nitrogens with one attached hydrogen (secondary N) is 1. The van der Waals surface area contributed by atoms with Crippen molar-refractivity contribution in [3.8, 4) is 0 Å². The molecule has 0 spiro atoms. The van der Waals surface area contributed by atoms with E-state index in [9.17, 15) is 8.78 Å². The first-order valence-electron chi connectivity index (χ1n) is 5.24. The van der Waals surface area contributed by atoms with Crippen LogP contribution in [0.5, 0.6) is 0 Å². The Hall–Kier alpha value is -0.360. The highest BCUT2D eigenvalue weighted by molar-refractivity contribution is 9.10. The Morgan fingerprint density at radius 1 is 1.21 bits per heavy atom. The lowest BCUT2D eigenvalue weighted by molar-refractivity contribution is 0.583. The first-order valence-corrected chi connectivity index (χ1v) is 7.61. The molecule has 1 aromatic heterocycles. The second kappa shape index (κ2) is 5.95. The summed E-state index contributed by atoms with van der Waals surface area (Å²) >= 11 is 16.1. The van der Waals surface area contributed by atoms with Crippen LogP contribution < -0.4 is 5.32 Å². The normalized spacial score (nSPS) is 12.5. The van der Waals surface area contributed by atoms with Crippen molar-refractivity contribution in [2.75, 3.05) is 5.32 Å². The number of hydrogen-bond donors (Lipinski definition) is 1. The van der Waals surface area contributed by atoms with Crippen molar-refractivity contribution in [1.29, 1.82) is 0 Å². The molecule has 1 aromatic carbocycles. The fourth-order valence-corrected chi connectivity index (χ4v) is 3.67. The Labute approximate surface area is 131 Å². The van der Waals surface area contributed by atoms with E-state index < -0.39 is 11.6 Å².